The van der Waals surface area contributed by atoms with E-state index in [1.165, 1.54) is 6.07 Å². The maximum atomic E-state index is 13.4. The van der Waals surface area contributed by atoms with E-state index < -0.39 is 6.10 Å². The Bertz CT molecular complexity index is 522. The van der Waals surface area contributed by atoms with Gasteiger partial charge in [0.1, 0.15) is 5.82 Å². The van der Waals surface area contributed by atoms with E-state index in [-0.39, 0.29) is 5.82 Å². The lowest BCUT2D eigenvalue weighted by atomic mass is 10.0. The molecule has 0 bridgehead atoms. The van der Waals surface area contributed by atoms with Gasteiger partial charge in [0.15, 0.2) is 0 Å². The Morgan fingerprint density at radius 2 is 2.18 bits per heavy atom. The predicted molar refractivity (Wildman–Crippen MR) is 63.0 cm³/mol. The summed E-state index contributed by atoms with van der Waals surface area (Å²) in [6.07, 6.45) is 1.49. The molecular formula is C13H15FN2O. The molecule has 0 aliphatic heterocycles. The summed E-state index contributed by atoms with van der Waals surface area (Å²) in [5.74, 6) is -0.289. The van der Waals surface area contributed by atoms with Crippen LogP contribution in [-0.4, -0.2) is 14.9 Å². The van der Waals surface area contributed by atoms with Gasteiger partial charge in [-0.25, -0.2) is 4.39 Å². The first-order chi connectivity index (χ1) is 8.06. The van der Waals surface area contributed by atoms with Gasteiger partial charge in [-0.05, 0) is 30.2 Å². The van der Waals surface area contributed by atoms with Crippen LogP contribution in [0, 0.1) is 12.7 Å². The maximum absolute atomic E-state index is 13.4. The van der Waals surface area contributed by atoms with E-state index in [1.54, 1.807) is 23.7 Å². The highest BCUT2D eigenvalue weighted by Gasteiger charge is 2.11. The maximum Gasteiger partial charge on any atom is 0.126 e. The Labute approximate surface area is 99.5 Å². The van der Waals surface area contributed by atoms with Gasteiger partial charge in [0.25, 0.3) is 0 Å². The van der Waals surface area contributed by atoms with E-state index in [2.05, 4.69) is 5.10 Å². The van der Waals surface area contributed by atoms with Gasteiger partial charge < -0.3 is 5.11 Å². The van der Waals surface area contributed by atoms with Crippen molar-refractivity contribution in [2.45, 2.75) is 19.4 Å². The number of rotatable bonds is 3. The molecule has 1 atom stereocenters. The minimum absolute atomic E-state index is 0.289. The first-order valence-electron chi connectivity index (χ1n) is 5.49. The number of hydrogen-bond acceptors (Lipinski definition) is 2. The van der Waals surface area contributed by atoms with Crippen LogP contribution < -0.4 is 0 Å². The van der Waals surface area contributed by atoms with Crippen molar-refractivity contribution in [2.75, 3.05) is 0 Å². The quantitative estimate of drug-likeness (QED) is 0.883. The Morgan fingerprint density at radius 3 is 2.76 bits per heavy atom. The Hall–Kier alpha value is -1.68. The van der Waals surface area contributed by atoms with Crippen LogP contribution in [0.5, 0.6) is 0 Å². The van der Waals surface area contributed by atoms with Crippen molar-refractivity contribution in [1.82, 2.24) is 9.78 Å². The van der Waals surface area contributed by atoms with Gasteiger partial charge >= 0.3 is 0 Å². The third-order valence-corrected chi connectivity index (χ3v) is 2.75. The largest absolute Gasteiger partial charge is 0.388 e. The van der Waals surface area contributed by atoms with E-state index in [0.717, 1.165) is 5.69 Å². The van der Waals surface area contributed by atoms with Crippen molar-refractivity contribution in [3.63, 3.8) is 0 Å². The third-order valence-electron chi connectivity index (χ3n) is 2.75. The normalized spacial score (nSPS) is 12.7. The highest BCUT2D eigenvalue weighted by molar-refractivity contribution is 5.25. The fourth-order valence-electron chi connectivity index (χ4n) is 1.70. The number of halogens is 1. The van der Waals surface area contributed by atoms with Crippen molar-refractivity contribution in [3.05, 3.63) is 53.1 Å². The molecule has 1 heterocycles. The molecule has 1 aromatic heterocycles. The molecule has 0 aliphatic rings. The molecule has 0 amide bonds. The second-order valence-corrected chi connectivity index (χ2v) is 4.21. The van der Waals surface area contributed by atoms with Crippen LogP contribution in [-0.2, 0) is 13.5 Å². The van der Waals surface area contributed by atoms with Gasteiger partial charge in [-0.2, -0.15) is 5.10 Å². The van der Waals surface area contributed by atoms with E-state index >= 15 is 0 Å². The van der Waals surface area contributed by atoms with Gasteiger partial charge in [-0.15, -0.1) is 0 Å². The van der Waals surface area contributed by atoms with Gasteiger partial charge in [0.05, 0.1) is 11.8 Å². The van der Waals surface area contributed by atoms with E-state index in [1.807, 2.05) is 19.3 Å². The lowest BCUT2D eigenvalue weighted by Gasteiger charge is -2.10. The number of aromatic nitrogens is 2. The van der Waals surface area contributed by atoms with Crippen LogP contribution in [0.2, 0.25) is 0 Å². The minimum Gasteiger partial charge on any atom is -0.388 e. The smallest absolute Gasteiger partial charge is 0.126 e. The molecule has 1 aromatic carbocycles. The molecule has 0 spiro atoms. The molecule has 0 saturated heterocycles. The molecule has 90 valence electrons. The number of aryl methyl sites for hydroxylation is 2. The lowest BCUT2D eigenvalue weighted by Crippen LogP contribution is -2.04. The highest BCUT2D eigenvalue weighted by atomic mass is 19.1. The van der Waals surface area contributed by atoms with Gasteiger partial charge in [0.2, 0.25) is 0 Å². The second kappa shape index (κ2) is 4.67. The Kier molecular flexibility index (Phi) is 3.24. The zero-order valence-corrected chi connectivity index (χ0v) is 9.89. The minimum atomic E-state index is -0.722. The van der Waals surface area contributed by atoms with Crippen LogP contribution >= 0.6 is 0 Å². The average molecular weight is 234 g/mol. The number of aliphatic hydroxyl groups excluding tert-OH is 1. The topological polar surface area (TPSA) is 38.0 Å². The van der Waals surface area contributed by atoms with E-state index in [9.17, 15) is 9.50 Å². The molecule has 17 heavy (non-hydrogen) atoms. The van der Waals surface area contributed by atoms with Gasteiger partial charge in [-0.3, -0.25) is 4.68 Å². The number of hydrogen-bond donors (Lipinski definition) is 1. The first-order valence-corrected chi connectivity index (χ1v) is 5.49. The van der Waals surface area contributed by atoms with E-state index in [4.69, 9.17) is 0 Å². The Morgan fingerprint density at radius 1 is 1.41 bits per heavy atom. The summed E-state index contributed by atoms with van der Waals surface area (Å²) in [6.45, 7) is 1.70. The molecule has 0 radical (unpaired) electrons. The van der Waals surface area contributed by atoms with Crippen molar-refractivity contribution in [3.8, 4) is 0 Å². The van der Waals surface area contributed by atoms with Crippen LogP contribution in [0.15, 0.2) is 30.5 Å². The standard InChI is InChI=1S/C13H15FN2O/c1-9-3-4-10(7-12(9)14)13(17)8-11-5-6-16(2)15-11/h3-7,13,17H,8H2,1-2H3. The fourth-order valence-corrected chi connectivity index (χ4v) is 1.70. The molecule has 0 saturated carbocycles. The van der Waals surface area contributed by atoms with Crippen molar-refractivity contribution in [2.24, 2.45) is 7.05 Å². The molecule has 1 N–H and O–H groups in total. The highest BCUT2D eigenvalue weighted by Crippen LogP contribution is 2.19. The molecular weight excluding hydrogens is 219 g/mol. The summed E-state index contributed by atoms with van der Waals surface area (Å²) in [4.78, 5) is 0. The van der Waals surface area contributed by atoms with Crippen LogP contribution in [0.25, 0.3) is 0 Å². The number of nitrogens with zero attached hydrogens (tertiary/aromatic N) is 2. The van der Waals surface area contributed by atoms with Gasteiger partial charge in [0, 0.05) is 19.7 Å². The Balaban J connectivity index is 2.14. The molecule has 4 heteroatoms. The number of benzene rings is 1. The van der Waals surface area contributed by atoms with Crippen LogP contribution in [0.1, 0.15) is 22.9 Å². The molecule has 2 rings (SSSR count). The fraction of sp³-hybridized carbons (Fsp3) is 0.308. The van der Waals surface area contributed by atoms with Gasteiger partial charge in [-0.1, -0.05) is 12.1 Å². The summed E-state index contributed by atoms with van der Waals surface area (Å²) in [7, 11) is 1.82. The predicted octanol–water partition coefficient (Wildman–Crippen LogP) is 2.14. The lowest BCUT2D eigenvalue weighted by molar-refractivity contribution is 0.176. The summed E-state index contributed by atoms with van der Waals surface area (Å²) < 4.78 is 15.0. The average Bonchev–Trinajstić information content (AvgIpc) is 2.68. The summed E-state index contributed by atoms with van der Waals surface area (Å²) >= 11 is 0. The molecule has 0 aliphatic carbocycles. The third kappa shape index (κ3) is 2.71. The molecule has 1 unspecified atom stereocenters. The summed E-state index contributed by atoms with van der Waals surface area (Å²) in [5, 5.41) is 14.2. The SMILES string of the molecule is Cc1ccc(C(O)Cc2ccn(C)n2)cc1F. The van der Waals surface area contributed by atoms with Crippen LogP contribution in [0.4, 0.5) is 4.39 Å². The van der Waals surface area contributed by atoms with Crippen LogP contribution in [0.3, 0.4) is 0 Å². The summed E-state index contributed by atoms with van der Waals surface area (Å²) in [5.41, 5.74) is 1.96. The zero-order valence-electron chi connectivity index (χ0n) is 9.89. The van der Waals surface area contributed by atoms with Crippen molar-refractivity contribution in [1.29, 1.82) is 0 Å². The first kappa shape index (κ1) is 11.8. The van der Waals surface area contributed by atoms with Crippen molar-refractivity contribution < 1.29 is 9.50 Å². The molecule has 3 nitrogen and oxygen atoms in total. The molecule has 2 aromatic rings. The number of aliphatic hydroxyl groups is 1. The van der Waals surface area contributed by atoms with E-state index in [0.29, 0.717) is 17.5 Å². The zero-order chi connectivity index (χ0) is 12.4. The second-order valence-electron chi connectivity index (χ2n) is 4.21. The van der Waals surface area contributed by atoms with Crippen molar-refractivity contribution >= 4 is 0 Å². The molecule has 0 fully saturated rings. The monoisotopic (exact) mass is 234 g/mol. The summed E-state index contributed by atoms with van der Waals surface area (Å²) in [6, 6.07) is 6.63.